The number of morpholine rings is 1. The van der Waals surface area contributed by atoms with Crippen LogP contribution in [0.4, 0.5) is 5.82 Å². The van der Waals surface area contributed by atoms with E-state index in [1.807, 2.05) is 12.1 Å². The van der Waals surface area contributed by atoms with Crippen molar-refractivity contribution < 1.29 is 14.2 Å². The van der Waals surface area contributed by atoms with Crippen molar-refractivity contribution in [2.24, 2.45) is 4.99 Å². The van der Waals surface area contributed by atoms with E-state index < -0.39 is 0 Å². The molecule has 1 fully saturated rings. The minimum absolute atomic E-state index is 0.00172. The number of pyridine rings is 2. The Labute approximate surface area is 157 Å². The molecule has 1 unspecified atom stereocenters. The van der Waals surface area contributed by atoms with Crippen molar-refractivity contribution >= 4 is 11.7 Å². The maximum atomic E-state index is 6.01. The second-order valence-corrected chi connectivity index (χ2v) is 6.10. The highest BCUT2D eigenvalue weighted by atomic mass is 16.5. The average Bonchev–Trinajstić information content (AvgIpc) is 3.23. The van der Waals surface area contributed by atoms with Gasteiger partial charge in [0.15, 0.2) is 11.6 Å². The van der Waals surface area contributed by atoms with Crippen molar-refractivity contribution in [2.75, 3.05) is 31.6 Å². The van der Waals surface area contributed by atoms with E-state index in [9.17, 15) is 0 Å². The summed E-state index contributed by atoms with van der Waals surface area (Å²) >= 11 is 0. The molecule has 0 spiro atoms. The predicted octanol–water partition coefficient (Wildman–Crippen LogP) is 2.36. The highest BCUT2D eigenvalue weighted by Crippen LogP contribution is 2.30. The average molecular weight is 367 g/mol. The third kappa shape index (κ3) is 4.81. The first-order valence-corrected chi connectivity index (χ1v) is 8.88. The summed E-state index contributed by atoms with van der Waals surface area (Å²) in [5.74, 6) is 3.28. The van der Waals surface area contributed by atoms with Crippen LogP contribution in [0.5, 0.6) is 17.2 Å². The molecule has 2 aromatic rings. The molecule has 0 amide bonds. The van der Waals surface area contributed by atoms with Crippen LogP contribution in [0.2, 0.25) is 0 Å². The van der Waals surface area contributed by atoms with E-state index in [0.29, 0.717) is 36.3 Å². The van der Waals surface area contributed by atoms with Gasteiger partial charge in [-0.25, -0.2) is 9.98 Å². The zero-order chi connectivity index (χ0) is 18.3. The Kier molecular flexibility index (Phi) is 5.56. The third-order valence-corrected chi connectivity index (χ3v) is 4.05. The van der Waals surface area contributed by atoms with Crippen LogP contribution in [-0.2, 0) is 4.74 Å². The van der Waals surface area contributed by atoms with Crippen molar-refractivity contribution in [2.45, 2.75) is 12.5 Å². The lowest BCUT2D eigenvalue weighted by molar-refractivity contribution is 0.000265. The number of anilines is 1. The molecule has 8 heteroatoms. The van der Waals surface area contributed by atoms with Gasteiger partial charge in [-0.3, -0.25) is 4.98 Å². The van der Waals surface area contributed by atoms with E-state index in [-0.39, 0.29) is 6.10 Å². The molecule has 4 rings (SSSR count). The molecule has 0 aromatic carbocycles. The van der Waals surface area contributed by atoms with E-state index in [4.69, 9.17) is 14.2 Å². The summed E-state index contributed by atoms with van der Waals surface area (Å²) in [6.07, 6.45) is 9.49. The van der Waals surface area contributed by atoms with Gasteiger partial charge in [0.1, 0.15) is 30.0 Å². The Balaban J connectivity index is 1.50. The lowest BCUT2D eigenvalue weighted by atomic mass is 10.3. The van der Waals surface area contributed by atoms with Crippen LogP contribution in [0.25, 0.3) is 0 Å². The molecule has 1 atom stereocenters. The summed E-state index contributed by atoms with van der Waals surface area (Å²) < 4.78 is 17.5. The molecule has 2 aliphatic heterocycles. The van der Waals surface area contributed by atoms with E-state index in [2.05, 4.69) is 25.6 Å². The summed E-state index contributed by atoms with van der Waals surface area (Å²) in [6.45, 7) is 2.74. The largest absolute Gasteiger partial charge is 0.487 e. The molecule has 140 valence electrons. The summed E-state index contributed by atoms with van der Waals surface area (Å²) in [5.41, 5.74) is 0. The topological polar surface area (TPSA) is 89.9 Å². The first-order chi connectivity index (χ1) is 13.4. The number of nitrogens with one attached hydrogen (secondary N) is 2. The van der Waals surface area contributed by atoms with Gasteiger partial charge in [-0.05, 0) is 12.1 Å². The minimum atomic E-state index is 0.00172. The molecule has 1 saturated heterocycles. The van der Waals surface area contributed by atoms with Gasteiger partial charge in [0.05, 0.1) is 12.8 Å². The Morgan fingerprint density at radius 1 is 1.26 bits per heavy atom. The maximum Gasteiger partial charge on any atom is 0.174 e. The van der Waals surface area contributed by atoms with Crippen molar-refractivity contribution in [1.29, 1.82) is 0 Å². The summed E-state index contributed by atoms with van der Waals surface area (Å²) in [5, 5.41) is 6.51. The first kappa shape index (κ1) is 17.4. The van der Waals surface area contributed by atoms with Crippen molar-refractivity contribution in [3.8, 4) is 17.2 Å². The maximum absolute atomic E-state index is 6.01. The number of hydrogen-bond acceptors (Lipinski definition) is 8. The minimum Gasteiger partial charge on any atom is -0.487 e. The van der Waals surface area contributed by atoms with Gasteiger partial charge in [-0.1, -0.05) is 6.08 Å². The normalized spacial score (nSPS) is 18.8. The number of nitrogens with zero attached hydrogens (tertiary/aromatic N) is 3. The van der Waals surface area contributed by atoms with Gasteiger partial charge in [-0.15, -0.1) is 0 Å². The Bertz CT molecular complexity index is 819. The summed E-state index contributed by atoms with van der Waals surface area (Å²) in [7, 11) is 0. The molecule has 8 nitrogen and oxygen atoms in total. The van der Waals surface area contributed by atoms with Crippen molar-refractivity contribution in [3.63, 3.8) is 0 Å². The van der Waals surface area contributed by atoms with E-state index in [0.717, 1.165) is 25.3 Å². The fraction of sp³-hybridized carbons (Fsp3) is 0.316. The number of rotatable bonds is 6. The standard InChI is InChI=1S/C19H21N5O3/c1-2-18(22-5-1)24-19-17(26-13-16-11-21-8-9-25-16)10-15(12-23-19)27-14-3-6-20-7-4-14/h1,3-7,10,12,16,21H,2,8-9,11,13H2,(H,22,23,24). The highest BCUT2D eigenvalue weighted by Gasteiger charge is 2.17. The van der Waals surface area contributed by atoms with Gasteiger partial charge in [0, 0.05) is 44.2 Å². The number of amidine groups is 1. The van der Waals surface area contributed by atoms with Crippen LogP contribution in [0.3, 0.4) is 0 Å². The molecule has 2 N–H and O–H groups in total. The quantitative estimate of drug-likeness (QED) is 0.810. The Morgan fingerprint density at radius 2 is 2.19 bits per heavy atom. The number of hydrogen-bond donors (Lipinski definition) is 2. The monoisotopic (exact) mass is 367 g/mol. The van der Waals surface area contributed by atoms with Gasteiger partial charge >= 0.3 is 0 Å². The van der Waals surface area contributed by atoms with Crippen LogP contribution in [0.1, 0.15) is 6.42 Å². The van der Waals surface area contributed by atoms with Crippen molar-refractivity contribution in [3.05, 3.63) is 49.1 Å². The molecule has 0 radical (unpaired) electrons. The molecule has 0 saturated carbocycles. The summed E-state index contributed by atoms with van der Waals surface area (Å²) in [4.78, 5) is 12.7. The van der Waals surface area contributed by atoms with Gasteiger partial charge in [0.2, 0.25) is 0 Å². The SMILES string of the molecule is C1=CN=C(Nc2ncc(Oc3ccncc3)cc2OCC2CNCCO2)C1. The van der Waals surface area contributed by atoms with Gasteiger partial charge in [-0.2, -0.15) is 0 Å². The second kappa shape index (κ2) is 8.61. The van der Waals surface area contributed by atoms with Crippen LogP contribution < -0.4 is 20.1 Å². The fourth-order valence-electron chi connectivity index (χ4n) is 2.72. The van der Waals surface area contributed by atoms with E-state index >= 15 is 0 Å². The smallest absolute Gasteiger partial charge is 0.174 e. The lowest BCUT2D eigenvalue weighted by Gasteiger charge is -2.24. The van der Waals surface area contributed by atoms with E-state index in [1.165, 1.54) is 0 Å². The number of aliphatic imine (C=N–C) groups is 1. The molecular weight excluding hydrogens is 346 g/mol. The highest BCUT2D eigenvalue weighted by molar-refractivity contribution is 5.98. The molecule has 2 aromatic heterocycles. The molecular formula is C19H21N5O3. The van der Waals surface area contributed by atoms with E-state index in [1.54, 1.807) is 36.9 Å². The Hall–Kier alpha value is -2.97. The molecule has 2 aliphatic rings. The summed E-state index contributed by atoms with van der Waals surface area (Å²) in [6, 6.07) is 5.38. The van der Waals surface area contributed by atoms with Crippen molar-refractivity contribution in [1.82, 2.24) is 15.3 Å². The van der Waals surface area contributed by atoms with Crippen LogP contribution >= 0.6 is 0 Å². The van der Waals surface area contributed by atoms with Gasteiger partial charge in [0.25, 0.3) is 0 Å². The molecule has 0 bridgehead atoms. The number of aromatic nitrogens is 2. The lowest BCUT2D eigenvalue weighted by Crippen LogP contribution is -2.41. The van der Waals surface area contributed by atoms with Crippen LogP contribution in [0, 0.1) is 0 Å². The number of ether oxygens (including phenoxy) is 3. The third-order valence-electron chi connectivity index (χ3n) is 4.05. The molecule has 4 heterocycles. The molecule has 27 heavy (non-hydrogen) atoms. The first-order valence-electron chi connectivity index (χ1n) is 8.88. The molecule has 0 aliphatic carbocycles. The van der Waals surface area contributed by atoms with Crippen LogP contribution in [0.15, 0.2) is 54.1 Å². The Morgan fingerprint density at radius 3 is 2.96 bits per heavy atom. The zero-order valence-corrected chi connectivity index (χ0v) is 14.8. The van der Waals surface area contributed by atoms with Gasteiger partial charge < -0.3 is 24.8 Å². The fourth-order valence-corrected chi connectivity index (χ4v) is 2.72. The van der Waals surface area contributed by atoms with Crippen LogP contribution in [-0.4, -0.2) is 48.2 Å². The zero-order valence-electron chi connectivity index (χ0n) is 14.8. The predicted molar refractivity (Wildman–Crippen MR) is 101 cm³/mol. The second-order valence-electron chi connectivity index (χ2n) is 6.10.